The summed E-state index contributed by atoms with van der Waals surface area (Å²) >= 11 is 1.64. The summed E-state index contributed by atoms with van der Waals surface area (Å²) in [4.78, 5) is 21.5. The molecule has 1 unspecified atom stereocenters. The Morgan fingerprint density at radius 1 is 1.09 bits per heavy atom. The Kier molecular flexibility index (Phi) is 6.80. The van der Waals surface area contributed by atoms with Crippen molar-refractivity contribution in [2.75, 3.05) is 27.3 Å². The first-order chi connectivity index (χ1) is 17.0. The lowest BCUT2D eigenvalue weighted by atomic mass is 10.1. The summed E-state index contributed by atoms with van der Waals surface area (Å²) in [6.07, 6.45) is 3.66. The Morgan fingerprint density at radius 3 is 2.43 bits per heavy atom. The standard InChI is InChI=1S/C28H32N2O4S/c1-17-4-8-19(9-5-17)26-25(29-27(35-26)20-10-11-20)28(32)30(15-18-6-7-18)16-22(31)21-12-13-23(33-2)24(14-21)34-3/h4-5,8-9,12-14,18,20,22,31H,6-7,10-11,15-16H2,1-3H3. The molecule has 2 aliphatic carbocycles. The van der Waals surface area contributed by atoms with E-state index in [4.69, 9.17) is 14.5 Å². The monoisotopic (exact) mass is 492 g/mol. The number of hydrogen-bond acceptors (Lipinski definition) is 6. The molecule has 1 N–H and O–H groups in total. The third-order valence-electron chi connectivity index (χ3n) is 6.74. The number of aromatic nitrogens is 1. The highest BCUT2D eigenvalue weighted by Gasteiger charge is 2.34. The third-order valence-corrected chi connectivity index (χ3v) is 8.00. The number of thiazole rings is 1. The minimum absolute atomic E-state index is 0.102. The number of carbonyl (C=O) groups is 1. The molecule has 0 spiro atoms. The Bertz CT molecular complexity index is 1200. The van der Waals surface area contributed by atoms with Crippen LogP contribution in [0.4, 0.5) is 0 Å². The number of aliphatic hydroxyl groups is 1. The molecule has 184 valence electrons. The average molecular weight is 493 g/mol. The Labute approximate surface area is 210 Å². The van der Waals surface area contributed by atoms with Crippen LogP contribution in [-0.2, 0) is 0 Å². The smallest absolute Gasteiger partial charge is 0.274 e. The van der Waals surface area contributed by atoms with E-state index in [1.807, 2.05) is 6.07 Å². The SMILES string of the molecule is COc1ccc(C(O)CN(CC2CC2)C(=O)c2nc(C3CC3)sc2-c2ccc(C)cc2)cc1OC. The van der Waals surface area contributed by atoms with Gasteiger partial charge >= 0.3 is 0 Å². The summed E-state index contributed by atoms with van der Waals surface area (Å²) in [5, 5.41) is 12.2. The van der Waals surface area contributed by atoms with Crippen molar-refractivity contribution in [3.8, 4) is 21.9 Å². The van der Waals surface area contributed by atoms with Crippen LogP contribution in [0, 0.1) is 12.8 Å². The second-order valence-corrected chi connectivity index (χ2v) is 10.7. The summed E-state index contributed by atoms with van der Waals surface area (Å²) in [5.74, 6) is 2.02. The predicted molar refractivity (Wildman–Crippen MR) is 137 cm³/mol. The summed E-state index contributed by atoms with van der Waals surface area (Å²) in [5.41, 5.74) is 3.41. The summed E-state index contributed by atoms with van der Waals surface area (Å²) in [6.45, 7) is 2.90. The lowest BCUT2D eigenvalue weighted by Crippen LogP contribution is -2.37. The quantitative estimate of drug-likeness (QED) is 0.399. The number of aliphatic hydroxyl groups excluding tert-OH is 1. The van der Waals surface area contributed by atoms with Gasteiger partial charge in [0, 0.05) is 12.5 Å². The summed E-state index contributed by atoms with van der Waals surface area (Å²) in [6, 6.07) is 13.7. The third kappa shape index (κ3) is 5.36. The first-order valence-electron chi connectivity index (χ1n) is 12.2. The van der Waals surface area contributed by atoms with E-state index >= 15 is 0 Å². The zero-order chi connectivity index (χ0) is 24.5. The fraction of sp³-hybridized carbons (Fsp3) is 0.429. The normalized spacial score (nSPS) is 16.1. The average Bonchev–Trinajstić information content (AvgIpc) is 3.82. The summed E-state index contributed by atoms with van der Waals surface area (Å²) in [7, 11) is 3.16. The van der Waals surface area contributed by atoms with Crippen LogP contribution in [0.3, 0.4) is 0 Å². The number of carbonyl (C=O) groups excluding carboxylic acids is 1. The molecule has 0 aliphatic heterocycles. The second kappa shape index (κ2) is 9.99. The van der Waals surface area contributed by atoms with Gasteiger partial charge < -0.3 is 19.5 Å². The second-order valence-electron chi connectivity index (χ2n) is 9.65. The van der Waals surface area contributed by atoms with Crippen LogP contribution in [0.1, 0.15) is 64.3 Å². The van der Waals surface area contributed by atoms with Crippen molar-refractivity contribution in [3.05, 3.63) is 64.3 Å². The molecule has 7 heteroatoms. The van der Waals surface area contributed by atoms with Crippen molar-refractivity contribution in [1.29, 1.82) is 0 Å². The van der Waals surface area contributed by atoms with E-state index in [9.17, 15) is 9.90 Å². The molecule has 0 saturated heterocycles. The number of rotatable bonds is 10. The van der Waals surface area contributed by atoms with Gasteiger partial charge in [-0.15, -0.1) is 11.3 Å². The van der Waals surface area contributed by atoms with E-state index in [-0.39, 0.29) is 12.5 Å². The molecule has 3 aromatic rings. The Hall–Kier alpha value is -2.90. The van der Waals surface area contributed by atoms with Crippen LogP contribution in [0.15, 0.2) is 42.5 Å². The van der Waals surface area contributed by atoms with Crippen LogP contribution in [0.2, 0.25) is 0 Å². The summed E-state index contributed by atoms with van der Waals surface area (Å²) < 4.78 is 10.7. The number of benzene rings is 2. The molecule has 1 aromatic heterocycles. The van der Waals surface area contributed by atoms with Crippen molar-refractivity contribution in [2.45, 2.75) is 44.6 Å². The van der Waals surface area contributed by atoms with Crippen molar-refractivity contribution in [1.82, 2.24) is 9.88 Å². The predicted octanol–water partition coefficient (Wildman–Crippen LogP) is 5.60. The molecule has 1 amide bonds. The zero-order valence-corrected chi connectivity index (χ0v) is 21.3. The Balaban J connectivity index is 1.44. The van der Waals surface area contributed by atoms with Crippen molar-refractivity contribution in [3.63, 3.8) is 0 Å². The van der Waals surface area contributed by atoms with Crippen molar-refractivity contribution >= 4 is 17.2 Å². The number of nitrogens with zero attached hydrogens (tertiary/aromatic N) is 2. The van der Waals surface area contributed by atoms with Crippen LogP contribution in [-0.4, -0.2) is 48.2 Å². The molecule has 5 rings (SSSR count). The molecule has 1 heterocycles. The van der Waals surface area contributed by atoms with Gasteiger partial charge in [0.15, 0.2) is 11.5 Å². The molecular formula is C28H32N2O4S. The maximum Gasteiger partial charge on any atom is 0.274 e. The molecule has 2 aromatic carbocycles. The molecule has 6 nitrogen and oxygen atoms in total. The lowest BCUT2D eigenvalue weighted by molar-refractivity contribution is 0.0606. The van der Waals surface area contributed by atoms with E-state index in [1.165, 1.54) is 5.56 Å². The number of hydrogen-bond donors (Lipinski definition) is 1. The molecule has 2 fully saturated rings. The number of amides is 1. The van der Waals surface area contributed by atoms with Crippen LogP contribution in [0.5, 0.6) is 11.5 Å². The highest BCUT2D eigenvalue weighted by Crippen LogP contribution is 2.45. The van der Waals surface area contributed by atoms with E-state index < -0.39 is 6.10 Å². The van der Waals surface area contributed by atoms with E-state index in [2.05, 4.69) is 31.2 Å². The van der Waals surface area contributed by atoms with Gasteiger partial charge in [-0.2, -0.15) is 0 Å². The highest BCUT2D eigenvalue weighted by atomic mass is 32.1. The molecule has 2 aliphatic rings. The van der Waals surface area contributed by atoms with Gasteiger partial charge in [0.1, 0.15) is 5.69 Å². The van der Waals surface area contributed by atoms with Gasteiger partial charge in [0.2, 0.25) is 0 Å². The van der Waals surface area contributed by atoms with Gasteiger partial charge in [-0.1, -0.05) is 35.9 Å². The van der Waals surface area contributed by atoms with Crippen molar-refractivity contribution in [2.24, 2.45) is 5.92 Å². The van der Waals surface area contributed by atoms with E-state index in [1.54, 1.807) is 42.6 Å². The molecule has 2 saturated carbocycles. The molecule has 0 bridgehead atoms. The van der Waals surface area contributed by atoms with Gasteiger partial charge in [0.05, 0.1) is 36.8 Å². The maximum atomic E-state index is 13.9. The Morgan fingerprint density at radius 2 is 1.80 bits per heavy atom. The van der Waals surface area contributed by atoms with Gasteiger partial charge in [-0.25, -0.2) is 4.98 Å². The number of methoxy groups -OCH3 is 2. The lowest BCUT2D eigenvalue weighted by Gasteiger charge is -2.26. The topological polar surface area (TPSA) is 71.9 Å². The maximum absolute atomic E-state index is 13.9. The first-order valence-corrected chi connectivity index (χ1v) is 13.1. The van der Waals surface area contributed by atoms with E-state index in [0.717, 1.165) is 41.1 Å². The van der Waals surface area contributed by atoms with Gasteiger partial charge in [0.25, 0.3) is 5.91 Å². The van der Waals surface area contributed by atoms with Crippen LogP contribution in [0.25, 0.3) is 10.4 Å². The molecule has 35 heavy (non-hydrogen) atoms. The van der Waals surface area contributed by atoms with Crippen molar-refractivity contribution < 1.29 is 19.4 Å². The number of aryl methyl sites for hydroxylation is 1. The largest absolute Gasteiger partial charge is 0.493 e. The first kappa shape index (κ1) is 23.8. The van der Waals surface area contributed by atoms with Gasteiger partial charge in [-0.3, -0.25) is 4.79 Å². The fourth-order valence-electron chi connectivity index (χ4n) is 4.26. The highest BCUT2D eigenvalue weighted by molar-refractivity contribution is 7.15. The minimum atomic E-state index is -0.845. The molecule has 1 atom stereocenters. The fourth-order valence-corrected chi connectivity index (χ4v) is 5.50. The van der Waals surface area contributed by atoms with E-state index in [0.29, 0.717) is 41.1 Å². The minimum Gasteiger partial charge on any atom is -0.493 e. The molecular weight excluding hydrogens is 460 g/mol. The van der Waals surface area contributed by atoms with Gasteiger partial charge in [-0.05, 0) is 61.8 Å². The number of ether oxygens (including phenoxy) is 2. The zero-order valence-electron chi connectivity index (χ0n) is 20.5. The molecule has 0 radical (unpaired) electrons. The van der Waals surface area contributed by atoms with Crippen LogP contribution < -0.4 is 9.47 Å². The van der Waals surface area contributed by atoms with Crippen LogP contribution >= 0.6 is 11.3 Å².